The fourth-order valence-electron chi connectivity index (χ4n) is 2.14. The Morgan fingerprint density at radius 2 is 2.10 bits per heavy atom. The summed E-state index contributed by atoms with van der Waals surface area (Å²) in [6.07, 6.45) is 0.132. The van der Waals surface area contributed by atoms with Gasteiger partial charge in [-0.15, -0.1) is 0 Å². The second kappa shape index (κ2) is 5.06. The second-order valence-electron chi connectivity index (χ2n) is 5.26. The van der Waals surface area contributed by atoms with Crippen molar-refractivity contribution in [3.8, 4) is 11.8 Å². The molecule has 1 heterocycles. The molecule has 0 saturated carbocycles. The Morgan fingerprint density at radius 1 is 1.40 bits per heavy atom. The molecule has 1 fully saturated rings. The van der Waals surface area contributed by atoms with Crippen LogP contribution < -0.4 is 10.6 Å². The average molecular weight is 274 g/mol. The van der Waals surface area contributed by atoms with Crippen LogP contribution in [0.2, 0.25) is 0 Å². The van der Waals surface area contributed by atoms with Crippen molar-refractivity contribution in [1.82, 2.24) is 0 Å². The predicted molar refractivity (Wildman–Crippen MR) is 73.2 cm³/mol. The molecule has 20 heavy (non-hydrogen) atoms. The lowest BCUT2D eigenvalue weighted by atomic mass is 9.92. The van der Waals surface area contributed by atoms with Crippen molar-refractivity contribution >= 4 is 17.5 Å². The quantitative estimate of drug-likeness (QED) is 0.622. The lowest BCUT2D eigenvalue weighted by Crippen LogP contribution is -2.33. The van der Waals surface area contributed by atoms with Crippen LogP contribution >= 0.6 is 0 Å². The van der Waals surface area contributed by atoms with Crippen molar-refractivity contribution < 1.29 is 14.0 Å². The molecule has 1 aromatic carbocycles. The third-order valence-corrected chi connectivity index (χ3v) is 3.15. The molecule has 1 aliphatic rings. The molecular formula is C15H15FN2O2. The monoisotopic (exact) mass is 274 g/mol. The smallest absolute Gasteiger partial charge is 0.239 e. The molecule has 1 saturated heterocycles. The second-order valence-corrected chi connectivity index (χ2v) is 5.26. The summed E-state index contributed by atoms with van der Waals surface area (Å²) in [5, 5.41) is 0. The molecule has 2 N–H and O–H groups in total. The minimum atomic E-state index is -0.746. The third-order valence-electron chi connectivity index (χ3n) is 3.15. The van der Waals surface area contributed by atoms with Crippen molar-refractivity contribution in [3.63, 3.8) is 0 Å². The molecule has 0 radical (unpaired) electrons. The summed E-state index contributed by atoms with van der Waals surface area (Å²) in [6, 6.07) is 3.80. The van der Waals surface area contributed by atoms with Gasteiger partial charge < -0.3 is 5.73 Å². The van der Waals surface area contributed by atoms with Gasteiger partial charge in [0.05, 0.1) is 23.2 Å². The number of amides is 2. The average Bonchev–Trinajstić information content (AvgIpc) is 2.57. The topological polar surface area (TPSA) is 63.4 Å². The zero-order valence-corrected chi connectivity index (χ0v) is 11.4. The van der Waals surface area contributed by atoms with E-state index in [0.717, 1.165) is 4.90 Å². The first kappa shape index (κ1) is 14.2. The van der Waals surface area contributed by atoms with E-state index in [9.17, 15) is 14.0 Å². The molecule has 4 nitrogen and oxygen atoms in total. The van der Waals surface area contributed by atoms with Crippen LogP contribution in [0.5, 0.6) is 0 Å². The first-order valence-electron chi connectivity index (χ1n) is 6.22. The lowest BCUT2D eigenvalue weighted by Gasteiger charge is -2.19. The summed E-state index contributed by atoms with van der Waals surface area (Å²) < 4.78 is 13.3. The Kier molecular flexibility index (Phi) is 3.60. The van der Waals surface area contributed by atoms with E-state index < -0.39 is 11.2 Å². The molecule has 0 bridgehead atoms. The number of rotatable bonds is 1. The van der Waals surface area contributed by atoms with Crippen LogP contribution in [0.1, 0.15) is 25.8 Å². The van der Waals surface area contributed by atoms with Crippen molar-refractivity contribution in [3.05, 3.63) is 29.6 Å². The molecule has 104 valence electrons. The maximum atomic E-state index is 13.3. The Balaban J connectivity index is 2.53. The fraction of sp³-hybridized carbons (Fsp3) is 0.333. The van der Waals surface area contributed by atoms with Crippen LogP contribution in [0.4, 0.5) is 10.1 Å². The van der Waals surface area contributed by atoms with Crippen molar-refractivity contribution in [2.75, 3.05) is 11.4 Å². The summed E-state index contributed by atoms with van der Waals surface area (Å²) in [7, 11) is 0. The van der Waals surface area contributed by atoms with Gasteiger partial charge >= 0.3 is 0 Å². The van der Waals surface area contributed by atoms with E-state index in [2.05, 4.69) is 11.8 Å². The van der Waals surface area contributed by atoms with Crippen LogP contribution in [0.15, 0.2) is 18.2 Å². The Bertz CT molecular complexity index is 641. The number of halogens is 1. The van der Waals surface area contributed by atoms with Crippen LogP contribution in [0, 0.1) is 23.1 Å². The van der Waals surface area contributed by atoms with Gasteiger partial charge in [0.2, 0.25) is 11.8 Å². The molecule has 0 unspecified atom stereocenters. The first-order chi connectivity index (χ1) is 9.36. The summed E-state index contributed by atoms with van der Waals surface area (Å²) in [5.41, 5.74) is 5.15. The number of hydrogen-bond donors (Lipinski definition) is 1. The lowest BCUT2D eigenvalue weighted by molar-refractivity contribution is -0.124. The van der Waals surface area contributed by atoms with Gasteiger partial charge in [-0.25, -0.2) is 9.29 Å². The predicted octanol–water partition coefficient (Wildman–Crippen LogP) is 1.43. The Labute approximate surface area is 116 Å². The number of benzene rings is 1. The number of carbonyl (C=O) groups is 2. The SMILES string of the molecule is CC1(C)CC(=O)N(c2ccc(F)cc2C#CCN)C1=O. The van der Waals surface area contributed by atoms with Gasteiger partial charge in [-0.1, -0.05) is 25.7 Å². The highest BCUT2D eigenvalue weighted by molar-refractivity contribution is 6.22. The summed E-state index contributed by atoms with van der Waals surface area (Å²) in [4.78, 5) is 25.4. The Morgan fingerprint density at radius 3 is 2.65 bits per heavy atom. The van der Waals surface area contributed by atoms with Crippen LogP contribution in [-0.4, -0.2) is 18.4 Å². The molecular weight excluding hydrogens is 259 g/mol. The molecule has 2 rings (SSSR count). The number of carbonyl (C=O) groups excluding carboxylic acids is 2. The Hall–Kier alpha value is -2.19. The van der Waals surface area contributed by atoms with E-state index in [-0.39, 0.29) is 30.3 Å². The van der Waals surface area contributed by atoms with Crippen LogP contribution in [0.3, 0.4) is 0 Å². The molecule has 0 spiro atoms. The van der Waals surface area contributed by atoms with Crippen molar-refractivity contribution in [2.45, 2.75) is 20.3 Å². The van der Waals surface area contributed by atoms with E-state index in [4.69, 9.17) is 5.73 Å². The van der Waals surface area contributed by atoms with Gasteiger partial charge in [0.25, 0.3) is 0 Å². The van der Waals surface area contributed by atoms with E-state index >= 15 is 0 Å². The molecule has 1 aromatic rings. The highest BCUT2D eigenvalue weighted by Crippen LogP contribution is 2.36. The van der Waals surface area contributed by atoms with Gasteiger partial charge in [-0.2, -0.15) is 0 Å². The van der Waals surface area contributed by atoms with Crippen LogP contribution in [-0.2, 0) is 9.59 Å². The standard InChI is InChI=1S/C15H15FN2O2/c1-15(2)9-13(19)18(14(15)20)12-6-5-11(16)8-10(12)4-3-7-17/h5-6,8H,7,9,17H2,1-2H3. The minimum absolute atomic E-state index is 0.114. The van der Waals surface area contributed by atoms with E-state index in [1.165, 1.54) is 18.2 Å². The highest BCUT2D eigenvalue weighted by Gasteiger charge is 2.46. The maximum absolute atomic E-state index is 13.3. The van der Waals surface area contributed by atoms with Gasteiger partial charge in [-0.3, -0.25) is 9.59 Å². The highest BCUT2D eigenvalue weighted by atomic mass is 19.1. The maximum Gasteiger partial charge on any atom is 0.239 e. The molecule has 0 atom stereocenters. The number of anilines is 1. The fourth-order valence-corrected chi connectivity index (χ4v) is 2.14. The number of imide groups is 1. The number of hydrogen-bond acceptors (Lipinski definition) is 3. The minimum Gasteiger partial charge on any atom is -0.320 e. The van der Waals surface area contributed by atoms with Gasteiger partial charge in [0.15, 0.2) is 0 Å². The van der Waals surface area contributed by atoms with Crippen molar-refractivity contribution in [2.24, 2.45) is 11.1 Å². The summed E-state index contributed by atoms with van der Waals surface area (Å²) in [6.45, 7) is 3.54. The molecule has 5 heteroatoms. The zero-order chi connectivity index (χ0) is 14.9. The molecule has 0 aromatic heterocycles. The van der Waals surface area contributed by atoms with Crippen molar-refractivity contribution in [1.29, 1.82) is 0 Å². The van der Waals surface area contributed by atoms with E-state index in [1.54, 1.807) is 13.8 Å². The van der Waals surface area contributed by atoms with Crippen LogP contribution in [0.25, 0.3) is 0 Å². The third kappa shape index (κ3) is 2.43. The van der Waals surface area contributed by atoms with E-state index in [0.29, 0.717) is 5.69 Å². The summed E-state index contributed by atoms with van der Waals surface area (Å²) >= 11 is 0. The first-order valence-corrected chi connectivity index (χ1v) is 6.22. The molecule has 2 amide bonds. The normalized spacial score (nSPS) is 17.1. The number of nitrogens with zero attached hydrogens (tertiary/aromatic N) is 1. The molecule has 1 aliphatic heterocycles. The van der Waals surface area contributed by atoms with Gasteiger partial charge in [0.1, 0.15) is 5.82 Å². The largest absolute Gasteiger partial charge is 0.320 e. The number of nitrogens with two attached hydrogens (primary N) is 1. The van der Waals surface area contributed by atoms with E-state index in [1.807, 2.05) is 0 Å². The van der Waals surface area contributed by atoms with Gasteiger partial charge in [0, 0.05) is 6.42 Å². The summed E-state index contributed by atoms with van der Waals surface area (Å²) in [5.74, 6) is 4.22. The molecule has 0 aliphatic carbocycles. The zero-order valence-electron chi connectivity index (χ0n) is 11.4. The van der Waals surface area contributed by atoms with Gasteiger partial charge in [-0.05, 0) is 18.2 Å².